The maximum Gasteiger partial charge on any atom is 0.126 e. The summed E-state index contributed by atoms with van der Waals surface area (Å²) >= 11 is 0. The molecule has 0 aliphatic heterocycles. The lowest BCUT2D eigenvalue weighted by molar-refractivity contribution is 0.264. The molecule has 3 aromatic carbocycles. The Morgan fingerprint density at radius 1 is 0.880 bits per heavy atom. The Morgan fingerprint density at radius 3 is 2.28 bits per heavy atom. The van der Waals surface area contributed by atoms with E-state index in [1.807, 2.05) is 18.2 Å². The van der Waals surface area contributed by atoms with E-state index in [1.54, 1.807) is 18.2 Å². The van der Waals surface area contributed by atoms with Gasteiger partial charge in [0.1, 0.15) is 5.75 Å². The number of nitriles is 1. The predicted molar refractivity (Wildman–Crippen MR) is 98.2 cm³/mol. The number of benzene rings is 3. The van der Waals surface area contributed by atoms with Crippen LogP contribution in [0.2, 0.25) is 0 Å². The maximum atomic E-state index is 9.37. The zero-order valence-electron chi connectivity index (χ0n) is 13.9. The molecule has 0 aliphatic carbocycles. The highest BCUT2D eigenvalue weighted by Crippen LogP contribution is 2.22. The summed E-state index contributed by atoms with van der Waals surface area (Å²) in [6, 6.07) is 25.9. The summed E-state index contributed by atoms with van der Waals surface area (Å²) in [6.45, 7) is 0.388. The molecule has 0 fully saturated rings. The van der Waals surface area contributed by atoms with Gasteiger partial charge in [0.05, 0.1) is 24.8 Å². The number of nitrogens with zero attached hydrogens (tertiary/aromatic N) is 1. The Morgan fingerprint density at radius 2 is 1.60 bits per heavy atom. The summed E-state index contributed by atoms with van der Waals surface area (Å²) < 4.78 is 5.78. The van der Waals surface area contributed by atoms with Crippen LogP contribution in [0.4, 0.5) is 0 Å². The fourth-order valence-electron chi connectivity index (χ4n) is 2.66. The van der Waals surface area contributed by atoms with E-state index in [9.17, 15) is 5.11 Å². The summed E-state index contributed by atoms with van der Waals surface area (Å²) in [4.78, 5) is 0. The van der Waals surface area contributed by atoms with Gasteiger partial charge < -0.3 is 9.84 Å². The third-order valence-electron chi connectivity index (χ3n) is 4.08. The first-order valence-corrected chi connectivity index (χ1v) is 8.21. The molecule has 0 spiro atoms. The van der Waals surface area contributed by atoms with E-state index >= 15 is 0 Å². The van der Waals surface area contributed by atoms with Crippen LogP contribution in [0.15, 0.2) is 72.8 Å². The number of aliphatic hydroxyl groups is 1. The molecule has 3 heteroatoms. The molecule has 0 aliphatic rings. The molecule has 1 N–H and O–H groups in total. The van der Waals surface area contributed by atoms with Crippen molar-refractivity contribution in [1.82, 2.24) is 0 Å². The van der Waals surface area contributed by atoms with Gasteiger partial charge in [-0.1, -0.05) is 60.7 Å². The van der Waals surface area contributed by atoms with Gasteiger partial charge in [0.2, 0.25) is 0 Å². The second-order valence-corrected chi connectivity index (χ2v) is 5.75. The van der Waals surface area contributed by atoms with Crippen LogP contribution in [0.1, 0.15) is 16.7 Å². The molecule has 0 heterocycles. The average Bonchev–Trinajstić information content (AvgIpc) is 2.69. The molecule has 0 bridgehead atoms. The van der Waals surface area contributed by atoms with Gasteiger partial charge in [-0.2, -0.15) is 5.26 Å². The van der Waals surface area contributed by atoms with Crippen LogP contribution in [0, 0.1) is 11.3 Å². The summed E-state index contributed by atoms with van der Waals surface area (Å²) in [5.41, 5.74) is 4.79. The molecular formula is C22H19NO2. The topological polar surface area (TPSA) is 53.2 Å². The Kier molecular flexibility index (Phi) is 5.46. The third-order valence-corrected chi connectivity index (χ3v) is 4.08. The predicted octanol–water partition coefficient (Wildman–Crippen LogP) is 4.34. The van der Waals surface area contributed by atoms with Gasteiger partial charge in [0.15, 0.2) is 0 Å². The summed E-state index contributed by atoms with van der Waals surface area (Å²) in [5, 5.41) is 18.4. The zero-order chi connectivity index (χ0) is 17.5. The lowest BCUT2D eigenvalue weighted by atomic mass is 10.0. The van der Waals surface area contributed by atoms with E-state index in [4.69, 9.17) is 10.00 Å². The van der Waals surface area contributed by atoms with E-state index in [0.29, 0.717) is 23.5 Å². The Labute approximate surface area is 147 Å². The second-order valence-electron chi connectivity index (χ2n) is 5.75. The lowest BCUT2D eigenvalue weighted by Gasteiger charge is -2.11. The molecule has 0 unspecified atom stereocenters. The minimum Gasteiger partial charge on any atom is -0.493 e. The van der Waals surface area contributed by atoms with Crippen molar-refractivity contribution in [3.05, 3.63) is 89.5 Å². The Balaban J connectivity index is 1.62. The molecule has 3 aromatic rings. The van der Waals surface area contributed by atoms with Crippen LogP contribution < -0.4 is 4.74 Å². The first kappa shape index (κ1) is 16.8. The molecule has 0 saturated carbocycles. The average molecular weight is 329 g/mol. The van der Waals surface area contributed by atoms with Gasteiger partial charge in [0, 0.05) is 12.0 Å². The van der Waals surface area contributed by atoms with Crippen molar-refractivity contribution in [1.29, 1.82) is 5.26 Å². The van der Waals surface area contributed by atoms with Crippen molar-refractivity contribution in [3.8, 4) is 22.9 Å². The number of hydrogen-bond donors (Lipinski definition) is 1. The SMILES string of the molecule is N#Cc1ccc(CO)c(OCCc2ccc(-c3ccccc3)cc2)c1. The van der Waals surface area contributed by atoms with Crippen LogP contribution in [0.3, 0.4) is 0 Å². The van der Waals surface area contributed by atoms with Crippen LogP contribution in [-0.4, -0.2) is 11.7 Å². The van der Waals surface area contributed by atoms with Crippen molar-refractivity contribution in [3.63, 3.8) is 0 Å². The first-order chi connectivity index (χ1) is 12.3. The van der Waals surface area contributed by atoms with Crippen molar-refractivity contribution in [2.24, 2.45) is 0 Å². The fourth-order valence-corrected chi connectivity index (χ4v) is 2.66. The summed E-state index contributed by atoms with van der Waals surface area (Å²) in [5.74, 6) is 0.572. The first-order valence-electron chi connectivity index (χ1n) is 8.21. The van der Waals surface area contributed by atoms with E-state index in [0.717, 1.165) is 6.42 Å². The van der Waals surface area contributed by atoms with Crippen LogP contribution in [0.5, 0.6) is 5.75 Å². The molecule has 0 radical (unpaired) electrons. The highest BCUT2D eigenvalue weighted by molar-refractivity contribution is 5.63. The Bertz CT molecular complexity index is 865. The second kappa shape index (κ2) is 8.14. The molecule has 0 saturated heterocycles. The third kappa shape index (κ3) is 4.26. The van der Waals surface area contributed by atoms with Gasteiger partial charge in [-0.3, -0.25) is 0 Å². The normalized spacial score (nSPS) is 10.2. The molecule has 124 valence electrons. The van der Waals surface area contributed by atoms with E-state index in [-0.39, 0.29) is 6.61 Å². The quantitative estimate of drug-likeness (QED) is 0.732. The zero-order valence-corrected chi connectivity index (χ0v) is 13.9. The summed E-state index contributed by atoms with van der Waals surface area (Å²) in [6.07, 6.45) is 0.761. The van der Waals surface area contributed by atoms with Crippen molar-refractivity contribution in [2.75, 3.05) is 6.61 Å². The highest BCUT2D eigenvalue weighted by Gasteiger charge is 2.05. The van der Waals surface area contributed by atoms with Crippen molar-refractivity contribution < 1.29 is 9.84 Å². The van der Waals surface area contributed by atoms with Crippen LogP contribution in [0.25, 0.3) is 11.1 Å². The van der Waals surface area contributed by atoms with E-state index in [1.165, 1.54) is 16.7 Å². The number of aliphatic hydroxyl groups excluding tert-OH is 1. The highest BCUT2D eigenvalue weighted by atomic mass is 16.5. The molecule has 3 nitrogen and oxygen atoms in total. The minimum absolute atomic E-state index is 0.104. The smallest absolute Gasteiger partial charge is 0.126 e. The maximum absolute atomic E-state index is 9.37. The Hall–Kier alpha value is -3.09. The minimum atomic E-state index is -0.104. The number of rotatable bonds is 6. The molecule has 0 amide bonds. The number of hydrogen-bond acceptors (Lipinski definition) is 3. The molecule has 25 heavy (non-hydrogen) atoms. The summed E-state index contributed by atoms with van der Waals surface area (Å²) in [7, 11) is 0. The van der Waals surface area contributed by atoms with Crippen LogP contribution in [-0.2, 0) is 13.0 Å². The largest absolute Gasteiger partial charge is 0.493 e. The lowest BCUT2D eigenvalue weighted by Crippen LogP contribution is -2.04. The van der Waals surface area contributed by atoms with Gasteiger partial charge >= 0.3 is 0 Å². The molecule has 0 aromatic heterocycles. The van der Waals surface area contributed by atoms with Gasteiger partial charge in [-0.15, -0.1) is 0 Å². The van der Waals surface area contributed by atoms with Gasteiger partial charge in [0.25, 0.3) is 0 Å². The number of ether oxygens (including phenoxy) is 1. The van der Waals surface area contributed by atoms with Gasteiger partial charge in [-0.25, -0.2) is 0 Å². The van der Waals surface area contributed by atoms with E-state index < -0.39 is 0 Å². The molecule has 0 atom stereocenters. The fraction of sp³-hybridized carbons (Fsp3) is 0.136. The van der Waals surface area contributed by atoms with Crippen molar-refractivity contribution >= 4 is 0 Å². The van der Waals surface area contributed by atoms with Crippen LogP contribution >= 0.6 is 0 Å². The molecular weight excluding hydrogens is 310 g/mol. The van der Waals surface area contributed by atoms with Gasteiger partial charge in [-0.05, 0) is 28.8 Å². The van der Waals surface area contributed by atoms with Crippen molar-refractivity contribution in [2.45, 2.75) is 13.0 Å². The van der Waals surface area contributed by atoms with E-state index in [2.05, 4.69) is 42.5 Å². The molecule has 3 rings (SSSR count). The monoisotopic (exact) mass is 329 g/mol. The standard InChI is InChI=1S/C22H19NO2/c23-15-18-8-11-21(16-24)22(14-18)25-13-12-17-6-9-20(10-7-17)19-4-2-1-3-5-19/h1-11,14,24H,12-13,16H2.